The summed E-state index contributed by atoms with van der Waals surface area (Å²) in [5.74, 6) is -0.000329. The quantitative estimate of drug-likeness (QED) is 0.494. The number of anilines is 1. The molecule has 1 atom stereocenters. The Morgan fingerprint density at radius 3 is 2.95 bits per heavy atom. The highest BCUT2D eigenvalue weighted by molar-refractivity contribution is 5.81. The average Bonchev–Trinajstić information content (AvgIpc) is 2.48. The minimum Gasteiger partial charge on any atom is -0.393 e. The first kappa shape index (κ1) is 15.2. The third kappa shape index (κ3) is 3.49. The molecule has 1 aliphatic heterocycles. The molecular weight excluding hydrogens is 272 g/mol. The van der Waals surface area contributed by atoms with E-state index in [1.54, 1.807) is 19.2 Å². The molecule has 2 rings (SSSR count). The Morgan fingerprint density at radius 1 is 1.52 bits per heavy atom. The zero-order chi connectivity index (χ0) is 15.4. The van der Waals surface area contributed by atoms with Crippen LogP contribution in [0.15, 0.2) is 18.2 Å². The van der Waals surface area contributed by atoms with Gasteiger partial charge in [-0.3, -0.25) is 19.8 Å². The van der Waals surface area contributed by atoms with Gasteiger partial charge in [0.05, 0.1) is 11.0 Å². The van der Waals surface area contributed by atoms with Gasteiger partial charge >= 0.3 is 0 Å². The van der Waals surface area contributed by atoms with Gasteiger partial charge in [0.15, 0.2) is 0 Å². The molecule has 1 heterocycles. The number of carbonyl (C=O) groups is 1. The van der Waals surface area contributed by atoms with Gasteiger partial charge in [-0.25, -0.2) is 0 Å². The van der Waals surface area contributed by atoms with Gasteiger partial charge in [0, 0.05) is 19.7 Å². The maximum atomic E-state index is 11.9. The molecule has 7 nitrogen and oxygen atoms in total. The summed E-state index contributed by atoms with van der Waals surface area (Å²) in [6, 6.07) is 4.65. The molecule has 21 heavy (non-hydrogen) atoms. The van der Waals surface area contributed by atoms with Crippen molar-refractivity contribution in [3.05, 3.63) is 33.9 Å². The molecule has 1 aliphatic rings. The van der Waals surface area contributed by atoms with Crippen LogP contribution in [0.4, 0.5) is 11.4 Å². The predicted octanol–water partition coefficient (Wildman–Crippen LogP) is 1.28. The first-order valence-electron chi connectivity index (χ1n) is 7.01. The molecule has 0 bridgehead atoms. The van der Waals surface area contributed by atoms with E-state index in [0.717, 1.165) is 31.4 Å². The third-order valence-corrected chi connectivity index (χ3v) is 3.84. The lowest BCUT2D eigenvalue weighted by Crippen LogP contribution is -2.48. The fourth-order valence-electron chi connectivity index (χ4n) is 2.72. The number of nitro benzene ring substituents is 1. The van der Waals surface area contributed by atoms with Crippen LogP contribution in [0.5, 0.6) is 0 Å². The van der Waals surface area contributed by atoms with Crippen molar-refractivity contribution < 1.29 is 9.72 Å². The monoisotopic (exact) mass is 292 g/mol. The van der Waals surface area contributed by atoms with E-state index in [0.29, 0.717) is 6.54 Å². The molecule has 1 aromatic rings. The van der Waals surface area contributed by atoms with E-state index in [1.807, 2.05) is 0 Å². The van der Waals surface area contributed by atoms with Gasteiger partial charge in [-0.2, -0.15) is 0 Å². The summed E-state index contributed by atoms with van der Waals surface area (Å²) in [7, 11) is 1.63. The Bertz CT molecular complexity index is 547. The number of benzene rings is 1. The number of amides is 1. The number of likely N-dealkylation sites (tertiary alicyclic amines) is 1. The van der Waals surface area contributed by atoms with E-state index >= 15 is 0 Å². The molecule has 1 unspecified atom stereocenters. The Morgan fingerprint density at radius 2 is 2.29 bits per heavy atom. The van der Waals surface area contributed by atoms with Crippen molar-refractivity contribution in [2.75, 3.05) is 19.3 Å². The summed E-state index contributed by atoms with van der Waals surface area (Å²) in [6.45, 7) is 1.33. The molecule has 1 fully saturated rings. The number of nitro groups is 1. The van der Waals surface area contributed by atoms with E-state index in [4.69, 9.17) is 5.73 Å². The second-order valence-corrected chi connectivity index (χ2v) is 5.25. The number of nitrogens with zero attached hydrogens (tertiary/aromatic N) is 2. The van der Waals surface area contributed by atoms with Crippen LogP contribution in [0.2, 0.25) is 0 Å². The van der Waals surface area contributed by atoms with Gasteiger partial charge in [-0.1, -0.05) is 12.5 Å². The highest BCUT2D eigenvalue weighted by Gasteiger charge is 2.28. The van der Waals surface area contributed by atoms with Gasteiger partial charge in [0.2, 0.25) is 5.91 Å². The van der Waals surface area contributed by atoms with E-state index in [1.165, 1.54) is 6.07 Å². The van der Waals surface area contributed by atoms with Crippen molar-refractivity contribution in [3.8, 4) is 0 Å². The Hall–Kier alpha value is -2.15. The number of nitrogen functional groups attached to an aromatic ring is 1. The molecule has 0 aromatic heterocycles. The molecule has 114 valence electrons. The number of carbonyl (C=O) groups excluding carboxylic acids is 1. The molecule has 1 amide bonds. The van der Waals surface area contributed by atoms with Gasteiger partial charge in [0.1, 0.15) is 5.69 Å². The lowest BCUT2D eigenvalue weighted by Gasteiger charge is -2.34. The SMILES string of the molecule is CNC(=O)C1CCCCN1Cc1ccc(N)c([N+](=O)[O-])c1. The van der Waals surface area contributed by atoms with Crippen LogP contribution in [-0.4, -0.2) is 35.4 Å². The third-order valence-electron chi connectivity index (χ3n) is 3.84. The van der Waals surface area contributed by atoms with Gasteiger partial charge in [-0.15, -0.1) is 0 Å². The molecule has 0 radical (unpaired) electrons. The Labute approximate surface area is 123 Å². The van der Waals surface area contributed by atoms with Crippen LogP contribution in [0.25, 0.3) is 0 Å². The maximum absolute atomic E-state index is 11.9. The summed E-state index contributed by atoms with van der Waals surface area (Å²) in [4.78, 5) is 24.4. The smallest absolute Gasteiger partial charge is 0.292 e. The standard InChI is InChI=1S/C14H20N4O3/c1-16-14(19)12-4-2-3-7-17(12)9-10-5-6-11(15)13(8-10)18(20)21/h5-6,8,12H,2-4,7,9,15H2,1H3,(H,16,19). The second-order valence-electron chi connectivity index (χ2n) is 5.25. The number of hydrogen-bond donors (Lipinski definition) is 2. The average molecular weight is 292 g/mol. The lowest BCUT2D eigenvalue weighted by atomic mass is 10.0. The van der Waals surface area contributed by atoms with Gasteiger partial charge in [0.25, 0.3) is 5.69 Å². The molecule has 0 spiro atoms. The van der Waals surface area contributed by atoms with Crippen molar-refractivity contribution in [1.82, 2.24) is 10.2 Å². The van der Waals surface area contributed by atoms with E-state index in [2.05, 4.69) is 10.2 Å². The fourth-order valence-corrected chi connectivity index (χ4v) is 2.72. The van der Waals surface area contributed by atoms with Crippen molar-refractivity contribution >= 4 is 17.3 Å². The first-order chi connectivity index (χ1) is 10.0. The van der Waals surface area contributed by atoms with Crippen LogP contribution in [-0.2, 0) is 11.3 Å². The minimum atomic E-state index is -0.481. The van der Waals surface area contributed by atoms with Crippen LogP contribution < -0.4 is 11.1 Å². The summed E-state index contributed by atoms with van der Waals surface area (Å²) in [5, 5.41) is 13.6. The van der Waals surface area contributed by atoms with Crippen LogP contribution in [0, 0.1) is 10.1 Å². The summed E-state index contributed by atoms with van der Waals surface area (Å²) in [6.07, 6.45) is 2.87. The van der Waals surface area contributed by atoms with Gasteiger partial charge in [-0.05, 0) is 31.0 Å². The maximum Gasteiger partial charge on any atom is 0.292 e. The molecule has 0 saturated carbocycles. The lowest BCUT2D eigenvalue weighted by molar-refractivity contribution is -0.384. The van der Waals surface area contributed by atoms with Crippen molar-refractivity contribution in [3.63, 3.8) is 0 Å². The molecule has 3 N–H and O–H groups in total. The largest absolute Gasteiger partial charge is 0.393 e. The highest BCUT2D eigenvalue weighted by atomic mass is 16.6. The number of likely N-dealkylation sites (N-methyl/N-ethyl adjacent to an activating group) is 1. The van der Waals surface area contributed by atoms with Crippen LogP contribution >= 0.6 is 0 Å². The minimum absolute atomic E-state index is 0.000329. The Balaban J connectivity index is 2.17. The fraction of sp³-hybridized carbons (Fsp3) is 0.500. The molecular formula is C14H20N4O3. The van der Waals surface area contributed by atoms with Crippen molar-refractivity contribution in [2.24, 2.45) is 0 Å². The number of nitrogens with two attached hydrogens (primary N) is 1. The summed E-state index contributed by atoms with van der Waals surface area (Å²) in [5.41, 5.74) is 6.47. The highest BCUT2D eigenvalue weighted by Crippen LogP contribution is 2.25. The number of hydrogen-bond acceptors (Lipinski definition) is 5. The molecule has 1 aromatic carbocycles. The second kappa shape index (κ2) is 6.53. The van der Waals surface area contributed by atoms with Crippen LogP contribution in [0.1, 0.15) is 24.8 Å². The van der Waals surface area contributed by atoms with E-state index in [-0.39, 0.29) is 23.3 Å². The van der Waals surface area contributed by atoms with Crippen LogP contribution in [0.3, 0.4) is 0 Å². The Kier molecular flexibility index (Phi) is 4.74. The number of piperidine rings is 1. The molecule has 1 saturated heterocycles. The van der Waals surface area contributed by atoms with Crippen molar-refractivity contribution in [1.29, 1.82) is 0 Å². The number of nitrogens with one attached hydrogen (secondary N) is 1. The number of rotatable bonds is 4. The summed E-state index contributed by atoms with van der Waals surface area (Å²) >= 11 is 0. The van der Waals surface area contributed by atoms with E-state index < -0.39 is 4.92 Å². The zero-order valence-electron chi connectivity index (χ0n) is 12.0. The first-order valence-corrected chi connectivity index (χ1v) is 7.01. The topological polar surface area (TPSA) is 102 Å². The molecule has 7 heteroatoms. The zero-order valence-corrected chi connectivity index (χ0v) is 12.0. The predicted molar refractivity (Wildman–Crippen MR) is 79.6 cm³/mol. The van der Waals surface area contributed by atoms with E-state index in [9.17, 15) is 14.9 Å². The normalized spacial score (nSPS) is 19.2. The van der Waals surface area contributed by atoms with Gasteiger partial charge < -0.3 is 11.1 Å². The summed E-state index contributed by atoms with van der Waals surface area (Å²) < 4.78 is 0. The molecule has 0 aliphatic carbocycles. The van der Waals surface area contributed by atoms with Crippen molar-refractivity contribution in [2.45, 2.75) is 31.8 Å².